The van der Waals surface area contributed by atoms with E-state index in [4.69, 9.17) is 0 Å². The van der Waals surface area contributed by atoms with Crippen LogP contribution in [0.4, 0.5) is 5.13 Å². The van der Waals surface area contributed by atoms with Crippen LogP contribution in [0.15, 0.2) is 29.2 Å². The molecule has 0 aliphatic carbocycles. The summed E-state index contributed by atoms with van der Waals surface area (Å²) < 4.78 is 0. The molecular weight excluding hydrogens is 226 g/mol. The first-order valence-corrected chi connectivity index (χ1v) is 5.40. The number of H-pyrrole nitrogens is 1. The van der Waals surface area contributed by atoms with Crippen molar-refractivity contribution >= 4 is 22.4 Å². The molecule has 16 heavy (non-hydrogen) atoms. The number of hydrogen-bond donors (Lipinski definition) is 2. The third-order valence-electron chi connectivity index (χ3n) is 1.85. The average molecular weight is 235 g/mol. The molecule has 0 aromatic carbocycles. The van der Waals surface area contributed by atoms with E-state index in [1.165, 1.54) is 29.5 Å². The maximum absolute atomic E-state index is 11.7. The van der Waals surface area contributed by atoms with Crippen LogP contribution in [0.1, 0.15) is 15.4 Å². The van der Waals surface area contributed by atoms with Crippen molar-refractivity contribution in [2.24, 2.45) is 0 Å². The Labute approximate surface area is 95.2 Å². The number of amides is 1. The minimum absolute atomic E-state index is 0.223. The summed E-state index contributed by atoms with van der Waals surface area (Å²) in [4.78, 5) is 30.1. The molecule has 0 fully saturated rings. The molecule has 0 aliphatic heterocycles. The Balaban J connectivity index is 2.17. The molecule has 2 N–H and O–H groups in total. The Morgan fingerprint density at radius 3 is 2.94 bits per heavy atom. The maximum atomic E-state index is 11.7. The van der Waals surface area contributed by atoms with E-state index in [9.17, 15) is 9.59 Å². The van der Waals surface area contributed by atoms with E-state index in [1.54, 1.807) is 6.20 Å². The zero-order chi connectivity index (χ0) is 11.5. The molecule has 0 saturated carbocycles. The van der Waals surface area contributed by atoms with Crippen LogP contribution in [-0.4, -0.2) is 15.9 Å². The number of aromatic amines is 1. The Kier molecular flexibility index (Phi) is 2.82. The average Bonchev–Trinajstić information content (AvgIpc) is 2.64. The molecule has 2 rings (SSSR count). The van der Waals surface area contributed by atoms with E-state index >= 15 is 0 Å². The SMILES string of the molecule is Cc1cnc(NC(=O)c2cccc(=O)[nH]2)s1. The topological polar surface area (TPSA) is 74.8 Å². The number of hydrogen-bond acceptors (Lipinski definition) is 4. The summed E-state index contributed by atoms with van der Waals surface area (Å²) in [6.45, 7) is 1.90. The molecule has 0 aliphatic rings. The van der Waals surface area contributed by atoms with E-state index < -0.39 is 0 Å². The molecule has 82 valence electrons. The van der Waals surface area contributed by atoms with Gasteiger partial charge in [-0.25, -0.2) is 4.98 Å². The Hall–Kier alpha value is -1.95. The van der Waals surface area contributed by atoms with E-state index in [1.807, 2.05) is 6.92 Å². The molecule has 6 heteroatoms. The lowest BCUT2D eigenvalue weighted by Gasteiger charge is -2.00. The smallest absolute Gasteiger partial charge is 0.273 e. The Morgan fingerprint density at radius 2 is 2.31 bits per heavy atom. The summed E-state index contributed by atoms with van der Waals surface area (Å²) in [5, 5.41) is 3.13. The monoisotopic (exact) mass is 235 g/mol. The molecular formula is C10H9N3O2S. The lowest BCUT2D eigenvalue weighted by Crippen LogP contribution is -2.17. The molecule has 2 heterocycles. The van der Waals surface area contributed by atoms with Crippen LogP contribution in [-0.2, 0) is 0 Å². The molecule has 0 unspecified atom stereocenters. The highest BCUT2D eigenvalue weighted by Crippen LogP contribution is 2.16. The van der Waals surface area contributed by atoms with Gasteiger partial charge in [-0.15, -0.1) is 11.3 Å². The predicted molar refractivity (Wildman–Crippen MR) is 61.9 cm³/mol. The number of carbonyl (C=O) groups excluding carboxylic acids is 1. The first-order valence-electron chi connectivity index (χ1n) is 4.58. The van der Waals surface area contributed by atoms with Crippen molar-refractivity contribution in [2.75, 3.05) is 5.32 Å². The van der Waals surface area contributed by atoms with Crippen molar-refractivity contribution in [3.63, 3.8) is 0 Å². The van der Waals surface area contributed by atoms with Gasteiger partial charge >= 0.3 is 0 Å². The second-order valence-electron chi connectivity index (χ2n) is 3.16. The van der Waals surface area contributed by atoms with Gasteiger partial charge in [-0.1, -0.05) is 6.07 Å². The number of carbonyl (C=O) groups is 1. The summed E-state index contributed by atoms with van der Waals surface area (Å²) in [5.41, 5.74) is -0.0803. The molecule has 0 saturated heterocycles. The van der Waals surface area contributed by atoms with E-state index in [-0.39, 0.29) is 17.2 Å². The molecule has 0 spiro atoms. The highest BCUT2D eigenvalue weighted by Gasteiger charge is 2.08. The third-order valence-corrected chi connectivity index (χ3v) is 2.68. The molecule has 5 nitrogen and oxygen atoms in total. The van der Waals surface area contributed by atoms with Gasteiger partial charge in [0.2, 0.25) is 5.56 Å². The van der Waals surface area contributed by atoms with Crippen LogP contribution < -0.4 is 10.9 Å². The lowest BCUT2D eigenvalue weighted by atomic mass is 10.3. The minimum Gasteiger partial charge on any atom is -0.318 e. The van der Waals surface area contributed by atoms with Gasteiger partial charge < -0.3 is 4.98 Å². The maximum Gasteiger partial charge on any atom is 0.273 e. The van der Waals surface area contributed by atoms with Crippen LogP contribution in [0.3, 0.4) is 0 Å². The summed E-state index contributed by atoms with van der Waals surface area (Å²) in [5.74, 6) is -0.368. The largest absolute Gasteiger partial charge is 0.318 e. The molecule has 0 radical (unpaired) electrons. The Bertz CT molecular complexity index is 573. The van der Waals surface area contributed by atoms with Crippen molar-refractivity contribution < 1.29 is 4.79 Å². The van der Waals surface area contributed by atoms with E-state index in [0.717, 1.165) is 4.88 Å². The lowest BCUT2D eigenvalue weighted by molar-refractivity contribution is 0.102. The number of aromatic nitrogens is 2. The number of anilines is 1. The summed E-state index contributed by atoms with van der Waals surface area (Å²) >= 11 is 1.38. The first kappa shape index (κ1) is 10.6. The van der Waals surface area contributed by atoms with Crippen molar-refractivity contribution in [3.8, 4) is 0 Å². The van der Waals surface area contributed by atoms with Crippen molar-refractivity contribution in [1.29, 1.82) is 0 Å². The van der Waals surface area contributed by atoms with Crippen LogP contribution in [0.5, 0.6) is 0 Å². The second-order valence-corrected chi connectivity index (χ2v) is 4.39. The van der Waals surface area contributed by atoms with Crippen molar-refractivity contribution in [3.05, 3.63) is 45.3 Å². The van der Waals surface area contributed by atoms with Gasteiger partial charge in [-0.2, -0.15) is 0 Å². The second kappa shape index (κ2) is 4.28. The molecule has 0 bridgehead atoms. The quantitative estimate of drug-likeness (QED) is 0.826. The summed E-state index contributed by atoms with van der Waals surface area (Å²) in [6.07, 6.45) is 1.67. The van der Waals surface area contributed by atoms with Crippen LogP contribution in [0.2, 0.25) is 0 Å². The highest BCUT2D eigenvalue weighted by atomic mass is 32.1. The van der Waals surface area contributed by atoms with Gasteiger partial charge in [-0.05, 0) is 13.0 Å². The fourth-order valence-corrected chi connectivity index (χ4v) is 1.82. The standard InChI is InChI=1S/C10H9N3O2S/c1-6-5-11-10(16-6)13-9(15)7-3-2-4-8(14)12-7/h2-5H,1H3,(H,12,14)(H,11,13,15). The van der Waals surface area contributed by atoms with E-state index in [0.29, 0.717) is 5.13 Å². The number of pyridine rings is 1. The number of rotatable bonds is 2. The third kappa shape index (κ3) is 2.34. The van der Waals surface area contributed by atoms with Crippen molar-refractivity contribution in [1.82, 2.24) is 9.97 Å². The number of nitrogens with zero attached hydrogens (tertiary/aromatic N) is 1. The normalized spacial score (nSPS) is 10.1. The number of thiazole rings is 1. The number of aryl methyl sites for hydroxylation is 1. The fourth-order valence-electron chi connectivity index (χ4n) is 1.16. The minimum atomic E-state index is -0.368. The fraction of sp³-hybridized carbons (Fsp3) is 0.100. The van der Waals surface area contributed by atoms with Gasteiger partial charge in [0.05, 0.1) is 0 Å². The zero-order valence-electron chi connectivity index (χ0n) is 8.48. The Morgan fingerprint density at radius 1 is 1.50 bits per heavy atom. The van der Waals surface area contributed by atoms with Gasteiger partial charge in [0.25, 0.3) is 5.91 Å². The van der Waals surface area contributed by atoms with Gasteiger partial charge in [-0.3, -0.25) is 14.9 Å². The van der Waals surface area contributed by atoms with Crippen LogP contribution in [0, 0.1) is 6.92 Å². The summed E-state index contributed by atoms with van der Waals surface area (Å²) in [6, 6.07) is 4.42. The van der Waals surface area contributed by atoms with Gasteiger partial charge in [0, 0.05) is 17.1 Å². The van der Waals surface area contributed by atoms with Crippen LogP contribution in [0.25, 0.3) is 0 Å². The molecule has 2 aromatic heterocycles. The summed E-state index contributed by atoms with van der Waals surface area (Å²) in [7, 11) is 0. The van der Waals surface area contributed by atoms with Gasteiger partial charge in [0.15, 0.2) is 5.13 Å². The molecule has 1 amide bonds. The molecule has 0 atom stereocenters. The predicted octanol–water partition coefficient (Wildman–Crippen LogP) is 1.39. The zero-order valence-corrected chi connectivity index (χ0v) is 9.30. The van der Waals surface area contributed by atoms with Crippen LogP contribution >= 0.6 is 11.3 Å². The highest BCUT2D eigenvalue weighted by molar-refractivity contribution is 7.15. The van der Waals surface area contributed by atoms with Gasteiger partial charge in [0.1, 0.15) is 5.69 Å². The van der Waals surface area contributed by atoms with Crippen molar-refractivity contribution in [2.45, 2.75) is 6.92 Å². The number of nitrogens with one attached hydrogen (secondary N) is 2. The first-order chi connectivity index (χ1) is 7.65. The molecule has 2 aromatic rings. The van der Waals surface area contributed by atoms with E-state index in [2.05, 4.69) is 15.3 Å².